The summed E-state index contributed by atoms with van der Waals surface area (Å²) >= 11 is 3.50. The van der Waals surface area contributed by atoms with E-state index in [1.165, 1.54) is 19.3 Å². The first-order chi connectivity index (χ1) is 8.72. The number of hydrogen-bond donors (Lipinski definition) is 0. The summed E-state index contributed by atoms with van der Waals surface area (Å²) in [5.74, 6) is 2.88. The molecule has 0 aliphatic carbocycles. The van der Waals surface area contributed by atoms with Crippen LogP contribution in [0, 0.1) is 5.92 Å². The molecule has 0 amide bonds. The molecule has 2 heterocycles. The minimum absolute atomic E-state index is 0.821. The topological polar surface area (TPSA) is 29.0 Å². The highest BCUT2D eigenvalue weighted by Crippen LogP contribution is 2.25. The average molecular weight is 312 g/mol. The molecule has 100 valence electrons. The van der Waals surface area contributed by atoms with E-state index in [2.05, 4.69) is 45.7 Å². The molecule has 1 fully saturated rings. The van der Waals surface area contributed by atoms with Crippen LogP contribution < -0.4 is 4.90 Å². The Bertz CT molecular complexity index is 395. The lowest BCUT2D eigenvalue weighted by atomic mass is 9.96. The van der Waals surface area contributed by atoms with E-state index in [1.807, 2.05) is 0 Å². The fourth-order valence-corrected chi connectivity index (χ4v) is 2.96. The van der Waals surface area contributed by atoms with Crippen molar-refractivity contribution in [3.05, 3.63) is 16.5 Å². The maximum Gasteiger partial charge on any atom is 0.133 e. The fourth-order valence-electron chi connectivity index (χ4n) is 2.56. The molecule has 0 bridgehead atoms. The minimum Gasteiger partial charge on any atom is -0.356 e. The molecule has 1 atom stereocenters. The Morgan fingerprint density at radius 1 is 1.39 bits per heavy atom. The van der Waals surface area contributed by atoms with E-state index in [0.717, 1.165) is 48.1 Å². The monoisotopic (exact) mass is 311 g/mol. The van der Waals surface area contributed by atoms with Crippen LogP contribution in [-0.4, -0.2) is 23.1 Å². The summed E-state index contributed by atoms with van der Waals surface area (Å²) in [6, 6.07) is 2.05. The molecular formula is C14H22BrN3. The number of aryl methyl sites for hydroxylation is 1. The third-order valence-corrected chi connectivity index (χ3v) is 4.03. The molecule has 4 heteroatoms. The largest absolute Gasteiger partial charge is 0.356 e. The highest BCUT2D eigenvalue weighted by molar-refractivity contribution is 9.10. The lowest BCUT2D eigenvalue weighted by molar-refractivity contribution is 0.402. The number of halogens is 1. The lowest BCUT2D eigenvalue weighted by Crippen LogP contribution is -2.35. The number of hydrogen-bond acceptors (Lipinski definition) is 3. The van der Waals surface area contributed by atoms with Crippen molar-refractivity contribution in [2.45, 2.75) is 46.0 Å². The first-order valence-corrected chi connectivity index (χ1v) is 7.80. The van der Waals surface area contributed by atoms with Crippen molar-refractivity contribution in [2.24, 2.45) is 5.92 Å². The summed E-state index contributed by atoms with van der Waals surface area (Å²) in [5, 5.41) is 0. The Labute approximate surface area is 118 Å². The SMILES string of the molecule is CCCc1nc(Br)cc(N2CCCC(CC)C2)n1. The third-order valence-electron chi connectivity index (χ3n) is 3.62. The molecule has 1 aromatic heterocycles. The van der Waals surface area contributed by atoms with Gasteiger partial charge >= 0.3 is 0 Å². The zero-order valence-corrected chi connectivity index (χ0v) is 12.9. The number of rotatable bonds is 4. The molecular weight excluding hydrogens is 290 g/mol. The second-order valence-corrected chi connectivity index (χ2v) is 5.89. The molecule has 2 rings (SSSR count). The Morgan fingerprint density at radius 3 is 2.94 bits per heavy atom. The van der Waals surface area contributed by atoms with E-state index in [4.69, 9.17) is 4.98 Å². The van der Waals surface area contributed by atoms with Gasteiger partial charge in [0.2, 0.25) is 0 Å². The van der Waals surface area contributed by atoms with Crippen LogP contribution in [0.25, 0.3) is 0 Å². The Morgan fingerprint density at radius 2 is 2.22 bits per heavy atom. The standard InChI is InChI=1S/C14H22BrN3/c1-3-6-13-16-12(15)9-14(17-13)18-8-5-7-11(4-2)10-18/h9,11H,3-8,10H2,1-2H3. The normalized spacial score (nSPS) is 20.2. The van der Waals surface area contributed by atoms with Crippen LogP contribution in [0.3, 0.4) is 0 Å². The van der Waals surface area contributed by atoms with Crippen LogP contribution in [0.4, 0.5) is 5.82 Å². The van der Waals surface area contributed by atoms with Gasteiger partial charge in [0.25, 0.3) is 0 Å². The highest BCUT2D eigenvalue weighted by atomic mass is 79.9. The number of aromatic nitrogens is 2. The van der Waals surface area contributed by atoms with Gasteiger partial charge in [0.1, 0.15) is 16.2 Å². The van der Waals surface area contributed by atoms with Crippen molar-refractivity contribution in [3.8, 4) is 0 Å². The first kappa shape index (κ1) is 13.8. The predicted octanol–water partition coefficient (Wildman–Crippen LogP) is 3.82. The van der Waals surface area contributed by atoms with Gasteiger partial charge in [0.15, 0.2) is 0 Å². The van der Waals surface area contributed by atoms with Gasteiger partial charge in [-0.1, -0.05) is 20.3 Å². The summed E-state index contributed by atoms with van der Waals surface area (Å²) in [5.41, 5.74) is 0. The summed E-state index contributed by atoms with van der Waals surface area (Å²) < 4.78 is 0.912. The average Bonchev–Trinajstić information content (AvgIpc) is 2.38. The summed E-state index contributed by atoms with van der Waals surface area (Å²) in [7, 11) is 0. The van der Waals surface area contributed by atoms with E-state index in [9.17, 15) is 0 Å². The van der Waals surface area contributed by atoms with Crippen molar-refractivity contribution in [3.63, 3.8) is 0 Å². The van der Waals surface area contributed by atoms with Crippen molar-refractivity contribution < 1.29 is 0 Å². The van der Waals surface area contributed by atoms with Gasteiger partial charge in [-0.15, -0.1) is 0 Å². The molecule has 1 saturated heterocycles. The Balaban J connectivity index is 2.16. The van der Waals surface area contributed by atoms with Gasteiger partial charge in [-0.2, -0.15) is 0 Å². The molecule has 0 spiro atoms. The fraction of sp³-hybridized carbons (Fsp3) is 0.714. The van der Waals surface area contributed by atoms with E-state index < -0.39 is 0 Å². The molecule has 0 saturated carbocycles. The van der Waals surface area contributed by atoms with Gasteiger partial charge in [0.05, 0.1) is 0 Å². The summed E-state index contributed by atoms with van der Waals surface area (Å²) in [6.07, 6.45) is 5.96. The number of anilines is 1. The Hall–Kier alpha value is -0.640. The van der Waals surface area contributed by atoms with E-state index in [1.54, 1.807) is 0 Å². The summed E-state index contributed by atoms with van der Waals surface area (Å²) in [6.45, 7) is 6.72. The smallest absolute Gasteiger partial charge is 0.133 e. The van der Waals surface area contributed by atoms with Gasteiger partial charge in [-0.3, -0.25) is 0 Å². The van der Waals surface area contributed by atoms with E-state index in [-0.39, 0.29) is 0 Å². The molecule has 0 radical (unpaired) electrons. The zero-order valence-electron chi connectivity index (χ0n) is 11.3. The number of nitrogens with zero attached hydrogens (tertiary/aromatic N) is 3. The lowest BCUT2D eigenvalue weighted by Gasteiger charge is -2.33. The molecule has 18 heavy (non-hydrogen) atoms. The minimum atomic E-state index is 0.821. The zero-order chi connectivity index (χ0) is 13.0. The van der Waals surface area contributed by atoms with Crippen molar-refractivity contribution >= 4 is 21.7 Å². The van der Waals surface area contributed by atoms with Crippen LogP contribution in [-0.2, 0) is 6.42 Å². The quantitative estimate of drug-likeness (QED) is 0.792. The highest BCUT2D eigenvalue weighted by Gasteiger charge is 2.20. The van der Waals surface area contributed by atoms with Crippen LogP contribution in [0.1, 0.15) is 45.4 Å². The molecule has 0 N–H and O–H groups in total. The van der Waals surface area contributed by atoms with Crippen LogP contribution in [0.2, 0.25) is 0 Å². The number of piperidine rings is 1. The molecule has 1 aliphatic rings. The molecule has 3 nitrogen and oxygen atoms in total. The van der Waals surface area contributed by atoms with Gasteiger partial charge in [-0.25, -0.2) is 9.97 Å². The van der Waals surface area contributed by atoms with Gasteiger partial charge < -0.3 is 4.90 Å². The van der Waals surface area contributed by atoms with E-state index >= 15 is 0 Å². The maximum absolute atomic E-state index is 4.70. The third kappa shape index (κ3) is 3.44. The second kappa shape index (κ2) is 6.50. The molecule has 0 aromatic carbocycles. The van der Waals surface area contributed by atoms with Gasteiger partial charge in [-0.05, 0) is 41.1 Å². The van der Waals surface area contributed by atoms with Crippen LogP contribution in [0.15, 0.2) is 10.7 Å². The summed E-state index contributed by atoms with van der Waals surface area (Å²) in [4.78, 5) is 11.6. The first-order valence-electron chi connectivity index (χ1n) is 7.01. The maximum atomic E-state index is 4.70. The van der Waals surface area contributed by atoms with Crippen molar-refractivity contribution in [1.29, 1.82) is 0 Å². The molecule has 1 aromatic rings. The van der Waals surface area contributed by atoms with Gasteiger partial charge in [0, 0.05) is 25.6 Å². The van der Waals surface area contributed by atoms with E-state index in [0.29, 0.717) is 0 Å². The van der Waals surface area contributed by atoms with Crippen molar-refractivity contribution in [1.82, 2.24) is 9.97 Å². The molecule has 1 aliphatic heterocycles. The molecule has 1 unspecified atom stereocenters. The van der Waals surface area contributed by atoms with Crippen molar-refractivity contribution in [2.75, 3.05) is 18.0 Å². The second-order valence-electron chi connectivity index (χ2n) is 5.08. The van der Waals surface area contributed by atoms with Crippen LogP contribution >= 0.6 is 15.9 Å². The Kier molecular flexibility index (Phi) is 4.98. The predicted molar refractivity (Wildman–Crippen MR) is 79.0 cm³/mol. The van der Waals surface area contributed by atoms with Crippen LogP contribution in [0.5, 0.6) is 0 Å².